The molecule has 34 heavy (non-hydrogen) atoms. The molecule has 0 saturated carbocycles. The summed E-state index contributed by atoms with van der Waals surface area (Å²) >= 11 is 0. The number of aromatic nitrogens is 5. The number of hydrogen-bond acceptors (Lipinski definition) is 5. The van der Waals surface area contributed by atoms with Crippen molar-refractivity contribution in [3.05, 3.63) is 54.2 Å². The summed E-state index contributed by atoms with van der Waals surface area (Å²) in [6, 6.07) is 9.38. The Labute approximate surface area is 190 Å². The van der Waals surface area contributed by atoms with E-state index >= 15 is 0 Å². The van der Waals surface area contributed by atoms with Crippen LogP contribution >= 0.6 is 0 Å². The van der Waals surface area contributed by atoms with Gasteiger partial charge in [-0.2, -0.15) is 18.3 Å². The largest absolute Gasteiger partial charge is 0.390 e. The zero-order valence-electron chi connectivity index (χ0n) is 17.8. The third kappa shape index (κ3) is 4.36. The van der Waals surface area contributed by atoms with E-state index in [1.165, 1.54) is 16.6 Å². The molecule has 4 heterocycles. The third-order valence-corrected chi connectivity index (χ3v) is 5.65. The van der Waals surface area contributed by atoms with Crippen molar-refractivity contribution in [2.75, 3.05) is 18.4 Å². The van der Waals surface area contributed by atoms with E-state index in [1.807, 2.05) is 4.57 Å². The number of amides is 1. The maximum Gasteiger partial charge on any atom is 0.390 e. The summed E-state index contributed by atoms with van der Waals surface area (Å²) in [5.41, 5.74) is 2.98. The summed E-state index contributed by atoms with van der Waals surface area (Å²) < 4.78 is 55.1. The Hall–Kier alpha value is -3.80. The molecule has 4 aromatic rings. The van der Waals surface area contributed by atoms with Gasteiger partial charge in [0.1, 0.15) is 17.3 Å². The molecule has 1 N–H and O–H groups in total. The molecule has 0 aliphatic carbocycles. The summed E-state index contributed by atoms with van der Waals surface area (Å²) in [5.74, 6) is 0.563. The predicted molar refractivity (Wildman–Crippen MR) is 115 cm³/mol. The second kappa shape index (κ2) is 8.52. The van der Waals surface area contributed by atoms with Crippen LogP contribution in [0.15, 0.2) is 42.6 Å². The van der Waals surface area contributed by atoms with Crippen LogP contribution in [0.25, 0.3) is 28.3 Å². The first-order chi connectivity index (χ1) is 16.3. The van der Waals surface area contributed by atoms with Gasteiger partial charge in [-0.1, -0.05) is 0 Å². The zero-order chi connectivity index (χ0) is 23.9. The minimum Gasteiger partial charge on any atom is -0.324 e. The van der Waals surface area contributed by atoms with Crippen LogP contribution in [0.3, 0.4) is 0 Å². The lowest BCUT2D eigenvalue weighted by Crippen LogP contribution is -2.36. The molecule has 1 aromatic carbocycles. The number of rotatable bonds is 6. The molecule has 176 valence electrons. The molecular weight excluding hydrogens is 454 g/mol. The number of hydrogen-bond donors (Lipinski definition) is 1. The predicted octanol–water partition coefficient (Wildman–Crippen LogP) is 3.74. The number of nitrogens with one attached hydrogen (secondary N) is 1. The van der Waals surface area contributed by atoms with Crippen molar-refractivity contribution in [2.24, 2.45) is 0 Å². The van der Waals surface area contributed by atoms with E-state index in [4.69, 9.17) is 4.98 Å². The monoisotopic (exact) mass is 473 g/mol. The minimum absolute atomic E-state index is 0.108. The van der Waals surface area contributed by atoms with Gasteiger partial charge in [-0.25, -0.2) is 18.9 Å². The molecule has 0 radical (unpaired) electrons. The number of anilines is 1. The summed E-state index contributed by atoms with van der Waals surface area (Å²) in [6.07, 6.45) is -3.02. The van der Waals surface area contributed by atoms with Gasteiger partial charge in [0.05, 0.1) is 30.6 Å². The SMILES string of the molecule is O=CNc1cn2nc(-c3c(-c4ccc(F)cc4)nc4n3CCN(CCC(F)(F)F)C4)ccc2n1. The Kier molecular flexibility index (Phi) is 5.52. The third-order valence-electron chi connectivity index (χ3n) is 5.65. The highest BCUT2D eigenvalue weighted by molar-refractivity contribution is 5.78. The number of carbonyl (C=O) groups is 1. The van der Waals surface area contributed by atoms with E-state index in [2.05, 4.69) is 15.4 Å². The van der Waals surface area contributed by atoms with Crippen LogP contribution in [0.5, 0.6) is 0 Å². The van der Waals surface area contributed by atoms with E-state index in [1.54, 1.807) is 35.4 Å². The molecule has 1 aliphatic heterocycles. The number of fused-ring (bicyclic) bond motifs is 2. The molecule has 0 bridgehead atoms. The summed E-state index contributed by atoms with van der Waals surface area (Å²) in [4.78, 5) is 21.4. The van der Waals surface area contributed by atoms with Crippen molar-refractivity contribution in [2.45, 2.75) is 25.7 Å². The van der Waals surface area contributed by atoms with Crippen molar-refractivity contribution in [3.8, 4) is 22.6 Å². The van der Waals surface area contributed by atoms with Crippen LogP contribution in [0, 0.1) is 5.82 Å². The lowest BCUT2D eigenvalue weighted by Gasteiger charge is -2.28. The first kappa shape index (κ1) is 22.0. The highest BCUT2D eigenvalue weighted by Gasteiger charge is 2.31. The Balaban J connectivity index is 1.57. The van der Waals surface area contributed by atoms with Crippen molar-refractivity contribution in [1.82, 2.24) is 29.0 Å². The first-order valence-corrected chi connectivity index (χ1v) is 10.5. The van der Waals surface area contributed by atoms with Crippen LogP contribution in [0.1, 0.15) is 12.2 Å². The molecule has 0 atom stereocenters. The van der Waals surface area contributed by atoms with Crippen LogP contribution in [0.4, 0.5) is 23.4 Å². The van der Waals surface area contributed by atoms with Crippen LogP contribution < -0.4 is 5.32 Å². The lowest BCUT2D eigenvalue weighted by atomic mass is 10.1. The van der Waals surface area contributed by atoms with Crippen molar-refractivity contribution >= 4 is 17.9 Å². The van der Waals surface area contributed by atoms with Crippen LogP contribution in [0.2, 0.25) is 0 Å². The minimum atomic E-state index is -4.22. The molecule has 0 spiro atoms. The normalized spacial score (nSPS) is 14.4. The van der Waals surface area contributed by atoms with Crippen LogP contribution in [-0.2, 0) is 17.9 Å². The van der Waals surface area contributed by atoms with Gasteiger partial charge in [0.2, 0.25) is 6.41 Å². The van der Waals surface area contributed by atoms with E-state index in [-0.39, 0.29) is 18.9 Å². The quantitative estimate of drug-likeness (QED) is 0.341. The molecule has 8 nitrogen and oxygen atoms in total. The standard InChI is InChI=1S/C22H19F4N7O/c23-15-3-1-14(2-4-15)20-21(16-5-6-18-28-17(27-13-34)11-33(18)30-16)32-10-9-31(12-19(32)29-20)8-7-22(24,25)26/h1-6,11,13H,7-10,12H2,(H,27,34). The Morgan fingerprint density at radius 1 is 1.06 bits per heavy atom. The first-order valence-electron chi connectivity index (χ1n) is 10.5. The van der Waals surface area contributed by atoms with Crippen molar-refractivity contribution in [1.29, 1.82) is 0 Å². The highest BCUT2D eigenvalue weighted by atomic mass is 19.4. The molecular formula is C22H19F4N7O. The number of imidazole rings is 2. The molecule has 1 amide bonds. The van der Waals surface area contributed by atoms with Gasteiger partial charge in [0.15, 0.2) is 11.5 Å². The molecule has 5 rings (SSSR count). The molecule has 0 saturated heterocycles. The average Bonchev–Trinajstić information content (AvgIpc) is 3.38. The van der Waals surface area contributed by atoms with Crippen LogP contribution in [-0.4, -0.2) is 54.7 Å². The van der Waals surface area contributed by atoms with Gasteiger partial charge in [-0.15, -0.1) is 0 Å². The Bertz CT molecular complexity index is 1340. The number of alkyl halides is 3. The smallest absolute Gasteiger partial charge is 0.324 e. The maximum atomic E-state index is 13.5. The number of benzene rings is 1. The molecule has 3 aromatic heterocycles. The second-order valence-corrected chi connectivity index (χ2v) is 7.93. The summed E-state index contributed by atoms with van der Waals surface area (Å²) in [5, 5.41) is 7.10. The van der Waals surface area contributed by atoms with Gasteiger partial charge < -0.3 is 9.88 Å². The van der Waals surface area contributed by atoms with E-state index in [0.717, 1.165) is 0 Å². The van der Waals surface area contributed by atoms with Gasteiger partial charge in [-0.05, 0) is 36.4 Å². The lowest BCUT2D eigenvalue weighted by molar-refractivity contribution is -0.138. The fraction of sp³-hybridized carbons (Fsp3) is 0.273. The molecule has 12 heteroatoms. The van der Waals surface area contributed by atoms with Gasteiger partial charge in [-0.3, -0.25) is 9.69 Å². The Morgan fingerprint density at radius 3 is 2.59 bits per heavy atom. The Morgan fingerprint density at radius 2 is 1.85 bits per heavy atom. The van der Waals surface area contributed by atoms with E-state index in [0.29, 0.717) is 59.4 Å². The number of carbonyl (C=O) groups excluding carboxylic acids is 1. The fourth-order valence-electron chi connectivity index (χ4n) is 4.06. The molecule has 0 unspecified atom stereocenters. The second-order valence-electron chi connectivity index (χ2n) is 7.93. The van der Waals surface area contributed by atoms with E-state index in [9.17, 15) is 22.4 Å². The van der Waals surface area contributed by atoms with E-state index < -0.39 is 12.6 Å². The number of nitrogens with zero attached hydrogens (tertiary/aromatic N) is 6. The average molecular weight is 473 g/mol. The summed E-state index contributed by atoms with van der Waals surface area (Å²) in [7, 11) is 0. The fourth-order valence-corrected chi connectivity index (χ4v) is 4.06. The molecule has 1 aliphatic rings. The van der Waals surface area contributed by atoms with Gasteiger partial charge >= 0.3 is 6.18 Å². The van der Waals surface area contributed by atoms with Crippen molar-refractivity contribution in [3.63, 3.8) is 0 Å². The maximum absolute atomic E-state index is 13.5. The number of halogens is 4. The summed E-state index contributed by atoms with van der Waals surface area (Å²) in [6.45, 7) is 1.00. The van der Waals surface area contributed by atoms with Gasteiger partial charge in [0, 0.05) is 25.2 Å². The highest BCUT2D eigenvalue weighted by Crippen LogP contribution is 2.34. The zero-order valence-corrected chi connectivity index (χ0v) is 17.8. The van der Waals surface area contributed by atoms with Crippen molar-refractivity contribution < 1.29 is 22.4 Å². The molecule has 0 fully saturated rings. The van der Waals surface area contributed by atoms with Gasteiger partial charge in [0.25, 0.3) is 0 Å². The topological polar surface area (TPSA) is 80.3 Å².